The number of fused-ring (bicyclic) bond motifs is 1. The molecule has 0 amide bonds. The molecule has 0 spiro atoms. The van der Waals surface area contributed by atoms with E-state index in [9.17, 15) is 0 Å². The summed E-state index contributed by atoms with van der Waals surface area (Å²) in [7, 11) is 3.41. The third-order valence-electron chi connectivity index (χ3n) is 6.52. The Morgan fingerprint density at radius 3 is 2.09 bits per heavy atom. The van der Waals surface area contributed by atoms with Crippen LogP contribution < -0.4 is 14.2 Å². The predicted molar refractivity (Wildman–Crippen MR) is 142 cm³/mol. The standard InChI is InChI=1S/C29H31NO3S/c1-31-23-10-8-22(9-11-23)29-28(26-20-25(32-2)14-15-27(26)34-29)21-6-12-24(13-7-21)33-19-18-30-16-4-3-5-17-30/h6-15,20H,3-5,16-19H2,1-2H3. The van der Waals surface area contributed by atoms with Crippen LogP contribution in [0.2, 0.25) is 0 Å². The molecule has 1 aliphatic rings. The van der Waals surface area contributed by atoms with Gasteiger partial charge in [-0.2, -0.15) is 0 Å². The molecule has 3 aromatic carbocycles. The Morgan fingerprint density at radius 1 is 0.735 bits per heavy atom. The molecule has 0 saturated carbocycles. The molecule has 0 atom stereocenters. The fraction of sp³-hybridized carbons (Fsp3) is 0.310. The van der Waals surface area contributed by atoms with E-state index in [1.807, 2.05) is 18.2 Å². The zero-order valence-corrected chi connectivity index (χ0v) is 20.7. The van der Waals surface area contributed by atoms with Gasteiger partial charge in [0, 0.05) is 27.1 Å². The summed E-state index contributed by atoms with van der Waals surface area (Å²) in [5.41, 5.74) is 3.58. The number of ether oxygens (including phenoxy) is 3. The Balaban J connectivity index is 1.43. The molecule has 5 rings (SSSR count). The van der Waals surface area contributed by atoms with E-state index in [1.165, 1.54) is 64.0 Å². The molecule has 34 heavy (non-hydrogen) atoms. The Morgan fingerprint density at radius 2 is 1.38 bits per heavy atom. The molecule has 0 radical (unpaired) electrons. The Kier molecular flexibility index (Phi) is 7.02. The summed E-state index contributed by atoms with van der Waals surface area (Å²) in [5, 5.41) is 1.20. The van der Waals surface area contributed by atoms with Crippen LogP contribution in [0.3, 0.4) is 0 Å². The van der Waals surface area contributed by atoms with Gasteiger partial charge < -0.3 is 14.2 Å². The molecule has 5 heteroatoms. The van der Waals surface area contributed by atoms with Crippen molar-refractivity contribution in [2.45, 2.75) is 19.3 Å². The SMILES string of the molecule is COc1ccc(-c2sc3ccc(OC)cc3c2-c2ccc(OCCN3CCCCC3)cc2)cc1. The summed E-state index contributed by atoms with van der Waals surface area (Å²) < 4.78 is 18.2. The zero-order valence-electron chi connectivity index (χ0n) is 19.9. The summed E-state index contributed by atoms with van der Waals surface area (Å²) in [6.45, 7) is 4.13. The second-order valence-corrected chi connectivity index (χ2v) is 9.72. The molecule has 0 aliphatic carbocycles. The van der Waals surface area contributed by atoms with Crippen molar-refractivity contribution < 1.29 is 14.2 Å². The van der Waals surface area contributed by atoms with E-state index in [2.05, 4.69) is 53.4 Å². The molecule has 0 N–H and O–H groups in total. The van der Waals surface area contributed by atoms with E-state index in [1.54, 1.807) is 25.6 Å². The normalized spacial score (nSPS) is 14.3. The van der Waals surface area contributed by atoms with Crippen LogP contribution in [-0.4, -0.2) is 45.4 Å². The number of piperidine rings is 1. The van der Waals surface area contributed by atoms with Gasteiger partial charge in [-0.05, 0) is 91.7 Å². The lowest BCUT2D eigenvalue weighted by atomic mass is 9.98. The maximum absolute atomic E-state index is 6.07. The average molecular weight is 474 g/mol. The van der Waals surface area contributed by atoms with Crippen molar-refractivity contribution in [2.24, 2.45) is 0 Å². The number of methoxy groups -OCH3 is 2. The van der Waals surface area contributed by atoms with Crippen LogP contribution in [0.4, 0.5) is 0 Å². The van der Waals surface area contributed by atoms with Crippen LogP contribution in [0.15, 0.2) is 66.7 Å². The predicted octanol–water partition coefficient (Wildman–Crippen LogP) is 7.12. The van der Waals surface area contributed by atoms with E-state index in [-0.39, 0.29) is 0 Å². The minimum atomic E-state index is 0.731. The van der Waals surface area contributed by atoms with Gasteiger partial charge in [-0.3, -0.25) is 4.90 Å². The van der Waals surface area contributed by atoms with Crippen molar-refractivity contribution in [3.8, 4) is 38.8 Å². The van der Waals surface area contributed by atoms with Gasteiger partial charge in [0.2, 0.25) is 0 Å². The smallest absolute Gasteiger partial charge is 0.119 e. The van der Waals surface area contributed by atoms with Crippen LogP contribution in [-0.2, 0) is 0 Å². The molecule has 4 aromatic rings. The maximum Gasteiger partial charge on any atom is 0.119 e. The first-order valence-corrected chi connectivity index (χ1v) is 12.8. The number of hydrogen-bond donors (Lipinski definition) is 0. The molecule has 1 aromatic heterocycles. The number of thiophene rings is 1. The van der Waals surface area contributed by atoms with Crippen molar-refractivity contribution in [2.75, 3.05) is 40.5 Å². The highest BCUT2D eigenvalue weighted by atomic mass is 32.1. The third kappa shape index (κ3) is 4.91. The molecular formula is C29H31NO3S. The lowest BCUT2D eigenvalue weighted by Crippen LogP contribution is -2.33. The fourth-order valence-corrected chi connectivity index (χ4v) is 5.84. The van der Waals surface area contributed by atoms with Gasteiger partial charge >= 0.3 is 0 Å². The Hall–Kier alpha value is -3.02. The zero-order chi connectivity index (χ0) is 23.3. The summed E-state index contributed by atoms with van der Waals surface area (Å²) in [5.74, 6) is 2.65. The van der Waals surface area contributed by atoms with E-state index >= 15 is 0 Å². The van der Waals surface area contributed by atoms with Gasteiger partial charge in [0.05, 0.1) is 14.2 Å². The Labute approximate surface area is 205 Å². The number of benzene rings is 3. The monoisotopic (exact) mass is 473 g/mol. The fourth-order valence-electron chi connectivity index (χ4n) is 4.63. The first-order valence-electron chi connectivity index (χ1n) is 12.0. The quantitative estimate of drug-likeness (QED) is 0.273. The average Bonchev–Trinajstić information content (AvgIpc) is 3.28. The minimum absolute atomic E-state index is 0.731. The van der Waals surface area contributed by atoms with E-state index in [4.69, 9.17) is 14.2 Å². The number of rotatable bonds is 8. The van der Waals surface area contributed by atoms with Crippen LogP contribution in [0, 0.1) is 0 Å². The summed E-state index contributed by atoms with van der Waals surface area (Å²) >= 11 is 1.81. The topological polar surface area (TPSA) is 30.9 Å². The van der Waals surface area contributed by atoms with Crippen molar-refractivity contribution in [3.63, 3.8) is 0 Å². The molecule has 176 valence electrons. The van der Waals surface area contributed by atoms with E-state index < -0.39 is 0 Å². The van der Waals surface area contributed by atoms with Gasteiger partial charge in [-0.25, -0.2) is 0 Å². The number of nitrogens with zero attached hydrogens (tertiary/aromatic N) is 1. The first kappa shape index (κ1) is 22.8. The molecule has 0 unspecified atom stereocenters. The highest BCUT2D eigenvalue weighted by Gasteiger charge is 2.17. The van der Waals surface area contributed by atoms with E-state index in [0.29, 0.717) is 0 Å². The lowest BCUT2D eigenvalue weighted by Gasteiger charge is -2.26. The second-order valence-electron chi connectivity index (χ2n) is 8.67. The molecule has 1 fully saturated rings. The Bertz CT molecular complexity index is 1220. The van der Waals surface area contributed by atoms with Gasteiger partial charge in [0.1, 0.15) is 23.9 Å². The van der Waals surface area contributed by atoms with Crippen LogP contribution in [0.1, 0.15) is 19.3 Å². The molecule has 1 saturated heterocycles. The summed E-state index contributed by atoms with van der Waals surface area (Å²) in [6, 6.07) is 23.1. The second kappa shape index (κ2) is 10.5. The highest BCUT2D eigenvalue weighted by Crippen LogP contribution is 2.46. The van der Waals surface area contributed by atoms with Crippen molar-refractivity contribution >= 4 is 21.4 Å². The van der Waals surface area contributed by atoms with Crippen LogP contribution in [0.5, 0.6) is 17.2 Å². The van der Waals surface area contributed by atoms with E-state index in [0.717, 1.165) is 30.4 Å². The van der Waals surface area contributed by atoms with Gasteiger partial charge in [-0.15, -0.1) is 11.3 Å². The molecule has 4 nitrogen and oxygen atoms in total. The van der Waals surface area contributed by atoms with Crippen molar-refractivity contribution in [1.82, 2.24) is 4.90 Å². The van der Waals surface area contributed by atoms with Crippen molar-refractivity contribution in [3.05, 3.63) is 66.7 Å². The third-order valence-corrected chi connectivity index (χ3v) is 7.74. The largest absolute Gasteiger partial charge is 0.497 e. The molecule has 2 heterocycles. The number of likely N-dealkylation sites (tertiary alicyclic amines) is 1. The maximum atomic E-state index is 6.07. The van der Waals surface area contributed by atoms with Gasteiger partial charge in [0.25, 0.3) is 0 Å². The molecule has 1 aliphatic heterocycles. The first-order chi connectivity index (χ1) is 16.7. The summed E-state index contributed by atoms with van der Waals surface area (Å²) in [6.07, 6.45) is 3.98. The minimum Gasteiger partial charge on any atom is -0.497 e. The van der Waals surface area contributed by atoms with Gasteiger partial charge in [-0.1, -0.05) is 18.6 Å². The van der Waals surface area contributed by atoms with Crippen LogP contribution in [0.25, 0.3) is 31.7 Å². The van der Waals surface area contributed by atoms with Crippen molar-refractivity contribution in [1.29, 1.82) is 0 Å². The summed E-state index contributed by atoms with van der Waals surface area (Å²) in [4.78, 5) is 3.74. The number of hydrogen-bond acceptors (Lipinski definition) is 5. The van der Waals surface area contributed by atoms with Crippen LogP contribution >= 0.6 is 11.3 Å². The molecule has 0 bridgehead atoms. The highest BCUT2D eigenvalue weighted by molar-refractivity contribution is 7.23. The lowest BCUT2D eigenvalue weighted by molar-refractivity contribution is 0.183. The van der Waals surface area contributed by atoms with Gasteiger partial charge in [0.15, 0.2) is 0 Å². The molecular weight excluding hydrogens is 442 g/mol.